The van der Waals surface area contributed by atoms with E-state index in [0.29, 0.717) is 24.2 Å². The smallest absolute Gasteiger partial charge is 0.224 e. The summed E-state index contributed by atoms with van der Waals surface area (Å²) >= 11 is 0. The lowest BCUT2D eigenvalue weighted by Crippen LogP contribution is -2.39. The summed E-state index contributed by atoms with van der Waals surface area (Å²) in [5.74, 6) is -0.0745. The van der Waals surface area contributed by atoms with Gasteiger partial charge in [-0.15, -0.1) is 0 Å². The molecule has 0 unspecified atom stereocenters. The van der Waals surface area contributed by atoms with Crippen LogP contribution in [0.1, 0.15) is 38.2 Å². The Hall–Kier alpha value is -2.35. The minimum absolute atomic E-state index is 0.0837. The lowest BCUT2D eigenvalue weighted by atomic mass is 10.1. The van der Waals surface area contributed by atoms with Gasteiger partial charge in [-0.25, -0.2) is 0 Å². The molecule has 2 amide bonds. The number of likely N-dealkylation sites (tertiary alicyclic amines) is 1. The zero-order valence-electron chi connectivity index (χ0n) is 12.9. The second-order valence-electron chi connectivity index (χ2n) is 5.49. The number of nitrogens with zero attached hydrogens (tertiary/aromatic N) is 3. The zero-order valence-corrected chi connectivity index (χ0v) is 12.9. The highest BCUT2D eigenvalue weighted by atomic mass is 16.2. The number of amides is 2. The van der Waals surface area contributed by atoms with Crippen molar-refractivity contribution in [2.45, 2.75) is 32.6 Å². The highest BCUT2D eigenvalue weighted by molar-refractivity contribution is 5.93. The highest BCUT2D eigenvalue weighted by Crippen LogP contribution is 2.20. The second-order valence-corrected chi connectivity index (χ2v) is 5.49. The average Bonchev–Trinajstić information content (AvgIpc) is 2.55. The van der Waals surface area contributed by atoms with Gasteiger partial charge < -0.3 is 9.80 Å². The summed E-state index contributed by atoms with van der Waals surface area (Å²) < 4.78 is 0. The summed E-state index contributed by atoms with van der Waals surface area (Å²) in [6, 6.07) is 9.07. The number of hydrogen-bond donors (Lipinski definition) is 0. The van der Waals surface area contributed by atoms with Crippen LogP contribution in [-0.2, 0) is 9.59 Å². The fourth-order valence-corrected chi connectivity index (χ4v) is 2.76. The number of para-hydroxylation sites is 1. The van der Waals surface area contributed by atoms with Crippen LogP contribution >= 0.6 is 0 Å². The van der Waals surface area contributed by atoms with Crippen LogP contribution in [0.2, 0.25) is 0 Å². The van der Waals surface area contributed by atoms with E-state index in [1.807, 2.05) is 4.90 Å². The van der Waals surface area contributed by atoms with Gasteiger partial charge in [0, 0.05) is 33.0 Å². The van der Waals surface area contributed by atoms with Crippen molar-refractivity contribution in [3.05, 3.63) is 29.8 Å². The number of nitriles is 1. The minimum Gasteiger partial charge on any atom is -0.343 e. The van der Waals surface area contributed by atoms with E-state index in [1.165, 1.54) is 18.2 Å². The van der Waals surface area contributed by atoms with E-state index in [9.17, 15) is 9.59 Å². The van der Waals surface area contributed by atoms with E-state index in [2.05, 4.69) is 6.07 Å². The van der Waals surface area contributed by atoms with Crippen LogP contribution in [0.3, 0.4) is 0 Å². The monoisotopic (exact) mass is 299 g/mol. The number of piperidine rings is 1. The molecule has 22 heavy (non-hydrogen) atoms. The Kier molecular flexibility index (Phi) is 5.54. The molecule has 0 spiro atoms. The van der Waals surface area contributed by atoms with Gasteiger partial charge in [0.1, 0.15) is 6.07 Å². The molecular formula is C17H21N3O2. The lowest BCUT2D eigenvalue weighted by molar-refractivity contribution is -0.131. The molecule has 1 aliphatic heterocycles. The zero-order chi connectivity index (χ0) is 15.9. The van der Waals surface area contributed by atoms with Crippen molar-refractivity contribution >= 4 is 17.5 Å². The predicted octanol–water partition coefficient (Wildman–Crippen LogP) is 2.31. The largest absolute Gasteiger partial charge is 0.343 e. The van der Waals surface area contributed by atoms with Crippen molar-refractivity contribution < 1.29 is 9.59 Å². The van der Waals surface area contributed by atoms with Crippen molar-refractivity contribution in [3.8, 4) is 6.07 Å². The highest BCUT2D eigenvalue weighted by Gasteiger charge is 2.20. The van der Waals surface area contributed by atoms with Crippen molar-refractivity contribution in [2.75, 3.05) is 24.5 Å². The Labute approximate surface area is 131 Å². The summed E-state index contributed by atoms with van der Waals surface area (Å²) in [6.45, 7) is 3.39. The molecule has 1 heterocycles. The number of benzene rings is 1. The van der Waals surface area contributed by atoms with Gasteiger partial charge in [-0.05, 0) is 31.4 Å². The number of rotatable bonds is 4. The summed E-state index contributed by atoms with van der Waals surface area (Å²) in [5, 5.41) is 9.17. The molecule has 5 nitrogen and oxygen atoms in total. The van der Waals surface area contributed by atoms with Crippen LogP contribution in [0.15, 0.2) is 24.3 Å². The molecule has 5 heteroatoms. The predicted molar refractivity (Wildman–Crippen MR) is 84.2 cm³/mol. The summed E-state index contributed by atoms with van der Waals surface area (Å²) in [6.07, 6.45) is 3.58. The maximum absolute atomic E-state index is 12.2. The van der Waals surface area contributed by atoms with Crippen LogP contribution in [0.5, 0.6) is 0 Å². The SMILES string of the molecule is CC(=O)N(CCC(=O)N1CCCCC1)c1ccccc1C#N. The van der Waals surface area contributed by atoms with Gasteiger partial charge in [0.2, 0.25) is 11.8 Å². The fourth-order valence-electron chi connectivity index (χ4n) is 2.76. The van der Waals surface area contributed by atoms with Gasteiger partial charge in [-0.3, -0.25) is 9.59 Å². The van der Waals surface area contributed by atoms with E-state index >= 15 is 0 Å². The molecule has 1 aromatic rings. The Bertz CT molecular complexity index is 586. The molecule has 1 saturated heterocycles. The van der Waals surface area contributed by atoms with Crippen LogP contribution in [0.4, 0.5) is 5.69 Å². The topological polar surface area (TPSA) is 64.4 Å². The van der Waals surface area contributed by atoms with Gasteiger partial charge in [-0.2, -0.15) is 5.26 Å². The second kappa shape index (κ2) is 7.60. The molecule has 1 aliphatic rings. The molecule has 0 aliphatic carbocycles. The van der Waals surface area contributed by atoms with E-state index < -0.39 is 0 Å². The number of hydrogen-bond acceptors (Lipinski definition) is 3. The number of anilines is 1. The summed E-state index contributed by atoms with van der Waals surface area (Å²) in [4.78, 5) is 27.5. The molecule has 0 N–H and O–H groups in total. The molecule has 0 aromatic heterocycles. The quantitative estimate of drug-likeness (QED) is 0.857. The molecule has 116 valence electrons. The molecule has 0 atom stereocenters. The van der Waals surface area contributed by atoms with Crippen molar-refractivity contribution in [1.82, 2.24) is 4.90 Å². The Morgan fingerprint density at radius 2 is 1.91 bits per heavy atom. The van der Waals surface area contributed by atoms with E-state index in [0.717, 1.165) is 25.9 Å². The standard InChI is InChI=1S/C17H21N3O2/c1-14(21)20(16-8-4-3-7-15(16)13-18)12-9-17(22)19-10-5-2-6-11-19/h3-4,7-8H,2,5-6,9-12H2,1H3. The van der Waals surface area contributed by atoms with Gasteiger partial charge in [0.05, 0.1) is 11.3 Å². The van der Waals surface area contributed by atoms with Gasteiger partial charge in [0.15, 0.2) is 0 Å². The fraction of sp³-hybridized carbons (Fsp3) is 0.471. The molecule has 1 aromatic carbocycles. The number of carbonyl (C=O) groups excluding carboxylic acids is 2. The summed E-state index contributed by atoms with van der Waals surface area (Å²) in [5.41, 5.74) is 1.02. The summed E-state index contributed by atoms with van der Waals surface area (Å²) in [7, 11) is 0. The van der Waals surface area contributed by atoms with Crippen molar-refractivity contribution in [3.63, 3.8) is 0 Å². The van der Waals surface area contributed by atoms with Gasteiger partial charge >= 0.3 is 0 Å². The van der Waals surface area contributed by atoms with Crippen LogP contribution in [0, 0.1) is 11.3 Å². The van der Waals surface area contributed by atoms with E-state index in [-0.39, 0.29) is 11.8 Å². The lowest BCUT2D eigenvalue weighted by Gasteiger charge is -2.28. The first-order chi connectivity index (χ1) is 10.6. The van der Waals surface area contributed by atoms with Crippen LogP contribution in [-0.4, -0.2) is 36.3 Å². The van der Waals surface area contributed by atoms with Crippen molar-refractivity contribution in [2.24, 2.45) is 0 Å². The first-order valence-corrected chi connectivity index (χ1v) is 7.68. The third-order valence-corrected chi connectivity index (χ3v) is 3.95. The van der Waals surface area contributed by atoms with Crippen LogP contribution in [0.25, 0.3) is 0 Å². The molecule has 2 rings (SSSR count). The van der Waals surface area contributed by atoms with E-state index in [4.69, 9.17) is 5.26 Å². The normalized spacial score (nSPS) is 14.3. The Balaban J connectivity index is 2.05. The Morgan fingerprint density at radius 1 is 1.23 bits per heavy atom. The van der Waals surface area contributed by atoms with Crippen LogP contribution < -0.4 is 4.90 Å². The molecule has 1 fully saturated rings. The molecule has 0 radical (unpaired) electrons. The Morgan fingerprint density at radius 3 is 2.55 bits per heavy atom. The van der Waals surface area contributed by atoms with Crippen molar-refractivity contribution in [1.29, 1.82) is 5.26 Å². The van der Waals surface area contributed by atoms with Gasteiger partial charge in [0.25, 0.3) is 0 Å². The third-order valence-electron chi connectivity index (χ3n) is 3.95. The third kappa shape index (κ3) is 3.85. The average molecular weight is 299 g/mol. The first-order valence-electron chi connectivity index (χ1n) is 7.68. The molecular weight excluding hydrogens is 278 g/mol. The maximum Gasteiger partial charge on any atom is 0.224 e. The number of carbonyl (C=O) groups is 2. The van der Waals surface area contributed by atoms with E-state index in [1.54, 1.807) is 24.3 Å². The molecule has 0 saturated carbocycles. The first kappa shape index (κ1) is 16.0. The van der Waals surface area contributed by atoms with Gasteiger partial charge in [-0.1, -0.05) is 12.1 Å². The molecule has 0 bridgehead atoms. The maximum atomic E-state index is 12.2. The minimum atomic E-state index is -0.158.